The Morgan fingerprint density at radius 3 is 2.04 bits per heavy atom. The molecule has 0 aliphatic carbocycles. The zero-order valence-electron chi connectivity index (χ0n) is 13.0. The van der Waals surface area contributed by atoms with Crippen LogP contribution >= 0.6 is 0 Å². The Balaban J connectivity index is 1.52. The van der Waals surface area contributed by atoms with Crippen LogP contribution in [0.4, 0.5) is 0 Å². The summed E-state index contributed by atoms with van der Waals surface area (Å²) in [5.74, 6) is 0. The molecule has 2 fully saturated rings. The normalized spacial score (nSPS) is 32.8. The second-order valence-corrected chi connectivity index (χ2v) is 5.83. The molecule has 2 aromatic rings. The van der Waals surface area contributed by atoms with E-state index in [1.165, 1.54) is 0 Å². The van der Waals surface area contributed by atoms with Gasteiger partial charge in [-0.05, 0) is 0 Å². The first-order chi connectivity index (χ1) is 11.8. The number of benzene rings is 2. The van der Waals surface area contributed by atoms with E-state index in [0.717, 1.165) is 17.4 Å². The van der Waals surface area contributed by atoms with Gasteiger partial charge in [-0.1, -0.05) is 60.7 Å². The second kappa shape index (κ2) is 6.83. The molecule has 2 heterocycles. The monoisotopic (exact) mass is 326 g/mol. The van der Waals surface area contributed by atoms with Gasteiger partial charge >= 0.3 is 0 Å². The van der Waals surface area contributed by atoms with Gasteiger partial charge in [-0.2, -0.15) is 0 Å². The van der Waals surface area contributed by atoms with Crippen LogP contribution in [-0.4, -0.2) is 31.2 Å². The van der Waals surface area contributed by atoms with Crippen molar-refractivity contribution >= 4 is 6.29 Å². The average molecular weight is 326 g/mol. The Labute approximate surface area is 140 Å². The molecule has 2 aliphatic rings. The van der Waals surface area contributed by atoms with Gasteiger partial charge in [0.2, 0.25) is 0 Å². The van der Waals surface area contributed by atoms with Crippen molar-refractivity contribution in [3.05, 3.63) is 71.8 Å². The molecule has 124 valence electrons. The molecule has 0 saturated carbocycles. The molecule has 0 bridgehead atoms. The van der Waals surface area contributed by atoms with Gasteiger partial charge in [-0.15, -0.1) is 0 Å². The Hall–Kier alpha value is -2.05. The van der Waals surface area contributed by atoms with Crippen molar-refractivity contribution in [2.24, 2.45) is 0 Å². The summed E-state index contributed by atoms with van der Waals surface area (Å²) in [5.41, 5.74) is 1.78. The highest BCUT2D eigenvalue weighted by atomic mass is 16.8. The van der Waals surface area contributed by atoms with Crippen molar-refractivity contribution in [3.63, 3.8) is 0 Å². The molecule has 0 unspecified atom stereocenters. The molecular formula is C19H18O5. The molecule has 2 aromatic carbocycles. The summed E-state index contributed by atoms with van der Waals surface area (Å²) in [4.78, 5) is 11.5. The third kappa shape index (κ3) is 2.99. The van der Waals surface area contributed by atoms with Gasteiger partial charge in [-0.25, -0.2) is 0 Å². The molecule has 0 spiro atoms. The Bertz CT molecular complexity index is 675. The summed E-state index contributed by atoms with van der Waals surface area (Å²) < 4.78 is 23.5. The first kappa shape index (κ1) is 15.5. The molecule has 0 aromatic heterocycles. The van der Waals surface area contributed by atoms with Gasteiger partial charge in [0.05, 0.1) is 6.61 Å². The van der Waals surface area contributed by atoms with Gasteiger partial charge in [0.15, 0.2) is 18.9 Å². The van der Waals surface area contributed by atoms with Crippen molar-refractivity contribution < 1.29 is 23.7 Å². The molecule has 0 N–H and O–H groups in total. The van der Waals surface area contributed by atoms with E-state index in [4.69, 9.17) is 18.9 Å². The molecule has 4 rings (SSSR count). The van der Waals surface area contributed by atoms with Gasteiger partial charge in [-0.3, -0.25) is 0 Å². The topological polar surface area (TPSA) is 54.0 Å². The van der Waals surface area contributed by atoms with Crippen molar-refractivity contribution in [2.75, 3.05) is 6.61 Å². The quantitative estimate of drug-likeness (QED) is 0.812. The van der Waals surface area contributed by atoms with E-state index in [2.05, 4.69) is 0 Å². The van der Waals surface area contributed by atoms with Crippen LogP contribution in [0.15, 0.2) is 60.7 Å². The third-order valence-electron chi connectivity index (χ3n) is 4.24. The molecular weight excluding hydrogens is 308 g/mol. The average Bonchev–Trinajstić information content (AvgIpc) is 2.68. The van der Waals surface area contributed by atoms with Crippen molar-refractivity contribution in [1.82, 2.24) is 0 Å². The van der Waals surface area contributed by atoms with Gasteiger partial charge < -0.3 is 23.7 Å². The lowest BCUT2D eigenvalue weighted by Crippen LogP contribution is -2.54. The highest BCUT2D eigenvalue weighted by Gasteiger charge is 2.45. The van der Waals surface area contributed by atoms with E-state index in [0.29, 0.717) is 6.61 Å². The highest BCUT2D eigenvalue weighted by molar-refractivity contribution is 5.57. The number of aldehydes is 1. The van der Waals surface area contributed by atoms with Crippen molar-refractivity contribution in [3.8, 4) is 0 Å². The van der Waals surface area contributed by atoms with Crippen LogP contribution in [0, 0.1) is 0 Å². The van der Waals surface area contributed by atoms with Crippen LogP contribution in [0.3, 0.4) is 0 Å². The van der Waals surface area contributed by atoms with E-state index in [9.17, 15) is 4.79 Å². The van der Waals surface area contributed by atoms with Crippen LogP contribution in [0.1, 0.15) is 23.7 Å². The maximum Gasteiger partial charge on any atom is 0.185 e. The first-order valence-electron chi connectivity index (χ1n) is 7.98. The predicted octanol–water partition coefficient (Wildman–Crippen LogP) is 2.78. The Kier molecular flexibility index (Phi) is 4.40. The first-order valence-corrected chi connectivity index (χ1v) is 7.98. The number of ether oxygens (including phenoxy) is 4. The zero-order chi connectivity index (χ0) is 16.4. The zero-order valence-corrected chi connectivity index (χ0v) is 13.0. The fourth-order valence-corrected chi connectivity index (χ4v) is 3.03. The molecule has 2 saturated heterocycles. The highest BCUT2D eigenvalue weighted by Crippen LogP contribution is 2.37. The molecule has 24 heavy (non-hydrogen) atoms. The Morgan fingerprint density at radius 2 is 1.42 bits per heavy atom. The van der Waals surface area contributed by atoms with E-state index in [1.807, 2.05) is 60.7 Å². The molecule has 2 aliphatic heterocycles. The largest absolute Gasteiger partial charge is 0.346 e. The van der Waals surface area contributed by atoms with Crippen LogP contribution < -0.4 is 0 Å². The van der Waals surface area contributed by atoms with E-state index in [-0.39, 0.29) is 6.10 Å². The lowest BCUT2D eigenvalue weighted by Gasteiger charge is -2.44. The molecule has 5 nitrogen and oxygen atoms in total. The molecule has 0 radical (unpaired) electrons. The van der Waals surface area contributed by atoms with Gasteiger partial charge in [0, 0.05) is 11.1 Å². The molecule has 5 heteroatoms. The van der Waals surface area contributed by atoms with Gasteiger partial charge in [0.25, 0.3) is 0 Å². The predicted molar refractivity (Wildman–Crippen MR) is 85.0 cm³/mol. The number of carbonyl (C=O) groups excluding carboxylic acids is 1. The number of rotatable bonds is 3. The van der Waals surface area contributed by atoms with Crippen molar-refractivity contribution in [1.29, 1.82) is 0 Å². The number of hydrogen-bond acceptors (Lipinski definition) is 5. The summed E-state index contributed by atoms with van der Waals surface area (Å²) in [6.45, 7) is 0.348. The third-order valence-corrected chi connectivity index (χ3v) is 4.24. The summed E-state index contributed by atoms with van der Waals surface area (Å²) in [6.07, 6.45) is -1.85. The number of fused-ring (bicyclic) bond motifs is 1. The summed E-state index contributed by atoms with van der Waals surface area (Å²) in [6, 6.07) is 19.2. The van der Waals surface area contributed by atoms with Crippen LogP contribution in [-0.2, 0) is 23.7 Å². The van der Waals surface area contributed by atoms with E-state index >= 15 is 0 Å². The standard InChI is InChI=1S/C19H18O5/c20-11-15-17-16(23-19(22-15)14-9-5-2-6-10-14)12-21-18(24-17)13-7-3-1-4-8-13/h1-11,15-19H,12H2/t15-,16+,17-,18-,19+/m1/s1. The minimum absolute atomic E-state index is 0.348. The smallest absolute Gasteiger partial charge is 0.185 e. The minimum atomic E-state index is -0.691. The van der Waals surface area contributed by atoms with E-state index in [1.54, 1.807) is 0 Å². The van der Waals surface area contributed by atoms with Crippen LogP contribution in [0.5, 0.6) is 0 Å². The fourth-order valence-electron chi connectivity index (χ4n) is 3.03. The maximum atomic E-state index is 11.5. The molecule has 5 atom stereocenters. The SMILES string of the molecule is O=C[C@H]1O[C@H](c2ccccc2)O[C@H]2CO[C@@H](c3ccccc3)O[C@@H]21. The van der Waals surface area contributed by atoms with Gasteiger partial charge in [0.1, 0.15) is 18.3 Å². The fraction of sp³-hybridized carbons (Fsp3) is 0.316. The Morgan fingerprint density at radius 1 is 0.792 bits per heavy atom. The maximum absolute atomic E-state index is 11.5. The summed E-state index contributed by atoms with van der Waals surface area (Å²) in [5, 5.41) is 0. The summed E-state index contributed by atoms with van der Waals surface area (Å²) in [7, 11) is 0. The molecule has 0 amide bonds. The van der Waals surface area contributed by atoms with Crippen molar-refractivity contribution in [2.45, 2.75) is 30.9 Å². The van der Waals surface area contributed by atoms with Crippen LogP contribution in [0.25, 0.3) is 0 Å². The number of carbonyl (C=O) groups is 1. The summed E-state index contributed by atoms with van der Waals surface area (Å²) >= 11 is 0. The van der Waals surface area contributed by atoms with Crippen LogP contribution in [0.2, 0.25) is 0 Å². The lowest BCUT2D eigenvalue weighted by atomic mass is 10.0. The lowest BCUT2D eigenvalue weighted by molar-refractivity contribution is -0.355. The second-order valence-electron chi connectivity index (χ2n) is 5.83. The minimum Gasteiger partial charge on any atom is -0.346 e. The number of hydrogen-bond donors (Lipinski definition) is 0. The van der Waals surface area contributed by atoms with E-state index < -0.39 is 24.8 Å².